The number of anilines is 1. The van der Waals surface area contributed by atoms with Crippen molar-refractivity contribution in [2.45, 2.75) is 64.3 Å². The number of benzene rings is 2. The number of ketones is 1. The summed E-state index contributed by atoms with van der Waals surface area (Å²) < 4.78 is 43.9. The van der Waals surface area contributed by atoms with Crippen molar-refractivity contribution in [3.8, 4) is 0 Å². The summed E-state index contributed by atoms with van der Waals surface area (Å²) >= 11 is 0. The number of carbonyl (C=O) groups is 1. The van der Waals surface area contributed by atoms with Crippen LogP contribution in [0.1, 0.15) is 62.8 Å². The van der Waals surface area contributed by atoms with Gasteiger partial charge in [-0.05, 0) is 49.3 Å². The van der Waals surface area contributed by atoms with Crippen molar-refractivity contribution >= 4 is 21.5 Å². The topological polar surface area (TPSA) is 60.9 Å². The van der Waals surface area contributed by atoms with Gasteiger partial charge in [0.2, 0.25) is 10.0 Å². The molecule has 0 N–H and O–H groups in total. The third kappa shape index (κ3) is 5.52. The van der Waals surface area contributed by atoms with Crippen LogP contribution in [0.25, 0.3) is 0 Å². The number of hydrogen-bond donors (Lipinski definition) is 0. The molecule has 2 fully saturated rings. The molecule has 2 aliphatic heterocycles. The van der Waals surface area contributed by atoms with Gasteiger partial charge in [0.15, 0.2) is 5.78 Å². The third-order valence-electron chi connectivity index (χ3n) is 8.25. The molecule has 2 aromatic rings. The van der Waals surface area contributed by atoms with Gasteiger partial charge >= 0.3 is 0 Å². The Labute approximate surface area is 226 Å². The highest BCUT2D eigenvalue weighted by Crippen LogP contribution is 2.39. The van der Waals surface area contributed by atoms with E-state index in [2.05, 4.69) is 23.6 Å². The summed E-state index contributed by atoms with van der Waals surface area (Å²) in [5.41, 5.74) is 3.08. The van der Waals surface area contributed by atoms with Crippen molar-refractivity contribution in [1.29, 1.82) is 0 Å². The predicted molar refractivity (Wildman–Crippen MR) is 149 cm³/mol. The Morgan fingerprint density at radius 3 is 2.29 bits per heavy atom. The molecule has 204 valence electrons. The zero-order chi connectivity index (χ0) is 27.1. The largest absolute Gasteiger partial charge is 0.371 e. The number of rotatable bonds is 5. The number of halogens is 1. The van der Waals surface area contributed by atoms with E-state index >= 15 is 4.39 Å². The highest BCUT2D eigenvalue weighted by Gasteiger charge is 2.40. The molecule has 8 heteroatoms. The Bertz CT molecular complexity index is 1320. The molecule has 0 amide bonds. The van der Waals surface area contributed by atoms with E-state index in [1.165, 1.54) is 10.4 Å². The summed E-state index contributed by atoms with van der Waals surface area (Å²) in [6.07, 6.45) is 4.59. The van der Waals surface area contributed by atoms with E-state index in [9.17, 15) is 13.2 Å². The highest BCUT2D eigenvalue weighted by molar-refractivity contribution is 7.89. The van der Waals surface area contributed by atoms with Crippen LogP contribution in [0.5, 0.6) is 0 Å². The van der Waals surface area contributed by atoms with Crippen molar-refractivity contribution in [2.75, 3.05) is 31.1 Å². The van der Waals surface area contributed by atoms with E-state index in [-0.39, 0.29) is 29.6 Å². The van der Waals surface area contributed by atoms with Gasteiger partial charge in [0, 0.05) is 68.2 Å². The minimum Gasteiger partial charge on any atom is -0.371 e. The van der Waals surface area contributed by atoms with Crippen LogP contribution in [0.2, 0.25) is 0 Å². The van der Waals surface area contributed by atoms with Gasteiger partial charge < -0.3 is 9.80 Å². The smallest absolute Gasteiger partial charge is 0.221 e. The van der Waals surface area contributed by atoms with E-state index in [1.54, 1.807) is 12.1 Å². The number of hydrogen-bond acceptors (Lipinski definition) is 5. The average Bonchev–Trinajstić information content (AvgIpc) is 2.86. The summed E-state index contributed by atoms with van der Waals surface area (Å²) in [6.45, 7) is 9.24. The summed E-state index contributed by atoms with van der Waals surface area (Å²) in [4.78, 5) is 16.6. The van der Waals surface area contributed by atoms with Crippen LogP contribution >= 0.6 is 0 Å². The fraction of sp³-hybridized carbons (Fsp3) is 0.500. The maximum Gasteiger partial charge on any atom is 0.221 e. The second kappa shape index (κ2) is 10.5. The van der Waals surface area contributed by atoms with E-state index in [1.807, 2.05) is 43.3 Å². The lowest BCUT2D eigenvalue weighted by Crippen LogP contribution is -2.47. The van der Waals surface area contributed by atoms with Gasteiger partial charge in [0.1, 0.15) is 11.1 Å². The second-order valence-electron chi connectivity index (χ2n) is 11.8. The minimum atomic E-state index is -3.62. The fourth-order valence-electron chi connectivity index (χ4n) is 6.15. The van der Waals surface area contributed by atoms with Gasteiger partial charge in [0.25, 0.3) is 0 Å². The molecule has 5 rings (SSSR count). The lowest BCUT2D eigenvalue weighted by Gasteiger charge is -2.41. The van der Waals surface area contributed by atoms with Crippen molar-refractivity contribution in [3.05, 3.63) is 77.2 Å². The van der Waals surface area contributed by atoms with Crippen LogP contribution in [0, 0.1) is 11.2 Å². The SMILES string of the molecule is CC1CCC(c2ccccc2)S(=O)(=O)N1Cc1ccc(N2CCN(C3=CC(=O)CC(C)(C)C3)CC2)cc1F. The molecule has 0 saturated carbocycles. The molecular weight excluding hydrogens is 501 g/mol. The third-order valence-corrected chi connectivity index (χ3v) is 10.6. The highest BCUT2D eigenvalue weighted by atomic mass is 32.2. The van der Waals surface area contributed by atoms with E-state index in [4.69, 9.17) is 0 Å². The molecule has 2 saturated heterocycles. The van der Waals surface area contributed by atoms with Crippen molar-refractivity contribution in [2.24, 2.45) is 5.41 Å². The molecule has 0 aromatic heterocycles. The van der Waals surface area contributed by atoms with Crippen LogP contribution in [-0.4, -0.2) is 55.6 Å². The van der Waals surface area contributed by atoms with Gasteiger partial charge in [-0.2, -0.15) is 4.31 Å². The van der Waals surface area contributed by atoms with Gasteiger partial charge in [-0.3, -0.25) is 4.79 Å². The van der Waals surface area contributed by atoms with Crippen molar-refractivity contribution in [3.63, 3.8) is 0 Å². The molecule has 2 unspecified atom stereocenters. The molecule has 6 nitrogen and oxygen atoms in total. The predicted octanol–water partition coefficient (Wildman–Crippen LogP) is 5.28. The fourth-order valence-corrected chi connectivity index (χ4v) is 8.34. The van der Waals surface area contributed by atoms with Gasteiger partial charge in [-0.15, -0.1) is 0 Å². The molecular formula is C30H38FN3O3S. The maximum absolute atomic E-state index is 15.3. The normalized spacial score (nSPS) is 25.8. The Morgan fingerprint density at radius 1 is 0.947 bits per heavy atom. The Hall–Kier alpha value is -2.71. The van der Waals surface area contributed by atoms with E-state index < -0.39 is 15.3 Å². The average molecular weight is 540 g/mol. The second-order valence-corrected chi connectivity index (χ2v) is 13.9. The lowest BCUT2D eigenvalue weighted by molar-refractivity contribution is -0.117. The first kappa shape index (κ1) is 26.9. The van der Waals surface area contributed by atoms with Gasteiger partial charge in [-0.1, -0.05) is 50.2 Å². The number of carbonyl (C=O) groups excluding carboxylic acids is 1. The first-order valence-corrected chi connectivity index (χ1v) is 15.1. The lowest BCUT2D eigenvalue weighted by atomic mass is 9.78. The van der Waals surface area contributed by atoms with Gasteiger partial charge in [-0.25, -0.2) is 12.8 Å². The molecule has 2 atom stereocenters. The summed E-state index contributed by atoms with van der Waals surface area (Å²) in [6, 6.07) is 14.3. The number of sulfonamides is 1. The molecule has 0 radical (unpaired) electrons. The quantitative estimate of drug-likeness (QED) is 0.518. The molecule has 2 heterocycles. The van der Waals surface area contributed by atoms with Crippen LogP contribution in [-0.2, 0) is 21.4 Å². The Kier molecular flexibility index (Phi) is 7.40. The molecule has 2 aromatic carbocycles. The maximum atomic E-state index is 15.3. The molecule has 1 aliphatic carbocycles. The van der Waals surface area contributed by atoms with Gasteiger partial charge in [0.05, 0.1) is 0 Å². The Balaban J connectivity index is 1.26. The number of nitrogens with zero attached hydrogens (tertiary/aromatic N) is 3. The van der Waals surface area contributed by atoms with E-state index in [0.29, 0.717) is 18.4 Å². The van der Waals surface area contributed by atoms with Crippen LogP contribution < -0.4 is 4.90 Å². The van der Waals surface area contributed by atoms with Crippen LogP contribution in [0.3, 0.4) is 0 Å². The summed E-state index contributed by atoms with van der Waals surface area (Å²) in [7, 11) is -3.62. The van der Waals surface area contributed by atoms with Crippen molar-refractivity contribution in [1.82, 2.24) is 9.21 Å². The number of piperazine rings is 1. The molecule has 0 bridgehead atoms. The van der Waals surface area contributed by atoms with Crippen LogP contribution in [0.4, 0.5) is 10.1 Å². The van der Waals surface area contributed by atoms with E-state index in [0.717, 1.165) is 56.0 Å². The first-order chi connectivity index (χ1) is 18.0. The first-order valence-electron chi connectivity index (χ1n) is 13.6. The number of allylic oxidation sites excluding steroid dienone is 2. The summed E-state index contributed by atoms with van der Waals surface area (Å²) in [5.74, 6) is -0.187. The molecule has 0 spiro atoms. The van der Waals surface area contributed by atoms with Crippen molar-refractivity contribution < 1.29 is 17.6 Å². The Morgan fingerprint density at radius 2 is 1.63 bits per heavy atom. The zero-order valence-electron chi connectivity index (χ0n) is 22.6. The summed E-state index contributed by atoms with van der Waals surface area (Å²) in [5, 5.41) is -0.598. The zero-order valence-corrected chi connectivity index (χ0v) is 23.4. The molecule has 3 aliphatic rings. The van der Waals surface area contributed by atoms with Crippen LogP contribution in [0.15, 0.2) is 60.3 Å². The monoisotopic (exact) mass is 539 g/mol. The minimum absolute atomic E-state index is 0.0162. The molecule has 38 heavy (non-hydrogen) atoms. The standard InChI is InChI=1S/C30H38FN3O3S/c1-22-9-12-29(23-7-5-4-6-8-23)38(36,37)34(22)21-24-10-11-25(18-28(24)31)32-13-15-33(16-14-32)26-17-27(35)20-30(2,3)19-26/h4-8,10-11,17-18,22,29H,9,12-16,19-21H2,1-3H3.